The van der Waals surface area contributed by atoms with Crippen LogP contribution in [-0.4, -0.2) is 66.2 Å². The smallest absolute Gasteiger partial charge is 0.240 e. The fourth-order valence-electron chi connectivity index (χ4n) is 5.19. The Labute approximate surface area is 200 Å². The van der Waals surface area contributed by atoms with Crippen LogP contribution in [0.3, 0.4) is 0 Å². The molecule has 0 saturated carbocycles. The van der Waals surface area contributed by atoms with Gasteiger partial charge in [-0.15, -0.1) is 0 Å². The van der Waals surface area contributed by atoms with E-state index in [4.69, 9.17) is 0 Å². The van der Waals surface area contributed by atoms with Crippen LogP contribution in [0.15, 0.2) is 54.6 Å². The average molecular weight is 466 g/mol. The summed E-state index contributed by atoms with van der Waals surface area (Å²) in [6.45, 7) is 3.50. The maximum absolute atomic E-state index is 14.0. The molecule has 1 unspecified atom stereocenters. The molecule has 6 nitrogen and oxygen atoms in total. The number of imide groups is 1. The molecular weight excluding hydrogens is 433 g/mol. The van der Waals surface area contributed by atoms with E-state index >= 15 is 0 Å². The third-order valence-electron chi connectivity index (χ3n) is 7.29. The SMILES string of the molecule is CN(CC1CCN(Cc2ccccc2)CC1)C(=O)CC1(c2cccc(F)c2)CC(=O)N(C)C1=O. The lowest BCUT2D eigenvalue weighted by atomic mass is 9.75. The molecule has 2 aromatic rings. The molecule has 2 saturated heterocycles. The summed E-state index contributed by atoms with van der Waals surface area (Å²) in [5.74, 6) is -1.11. The topological polar surface area (TPSA) is 60.9 Å². The largest absolute Gasteiger partial charge is 0.345 e. The summed E-state index contributed by atoms with van der Waals surface area (Å²) in [6.07, 6.45) is 1.73. The Hall–Kier alpha value is -3.06. The number of rotatable bonds is 7. The molecule has 180 valence electrons. The van der Waals surface area contributed by atoms with Crippen LogP contribution in [0.5, 0.6) is 0 Å². The van der Waals surface area contributed by atoms with E-state index in [1.165, 1.54) is 30.8 Å². The van der Waals surface area contributed by atoms with E-state index in [9.17, 15) is 18.8 Å². The van der Waals surface area contributed by atoms with Gasteiger partial charge in [-0.2, -0.15) is 0 Å². The molecule has 0 N–H and O–H groups in total. The second-order valence-electron chi connectivity index (χ2n) is 9.68. The molecule has 2 fully saturated rings. The van der Waals surface area contributed by atoms with Gasteiger partial charge in [-0.1, -0.05) is 42.5 Å². The molecule has 2 aromatic carbocycles. The van der Waals surface area contributed by atoms with Gasteiger partial charge in [0.25, 0.3) is 0 Å². The van der Waals surface area contributed by atoms with Gasteiger partial charge in [0.05, 0.1) is 5.41 Å². The van der Waals surface area contributed by atoms with E-state index in [1.807, 2.05) is 6.07 Å². The Kier molecular flexibility index (Phi) is 7.12. The third kappa shape index (κ3) is 5.04. The van der Waals surface area contributed by atoms with Crippen molar-refractivity contribution in [3.8, 4) is 0 Å². The van der Waals surface area contributed by atoms with Gasteiger partial charge in [0, 0.05) is 40.0 Å². The van der Waals surface area contributed by atoms with Gasteiger partial charge >= 0.3 is 0 Å². The van der Waals surface area contributed by atoms with Crippen molar-refractivity contribution in [1.82, 2.24) is 14.7 Å². The maximum Gasteiger partial charge on any atom is 0.240 e. The van der Waals surface area contributed by atoms with Crippen molar-refractivity contribution in [3.63, 3.8) is 0 Å². The zero-order chi connectivity index (χ0) is 24.3. The summed E-state index contributed by atoms with van der Waals surface area (Å²) in [5.41, 5.74) is 0.334. The van der Waals surface area contributed by atoms with E-state index in [0.29, 0.717) is 18.0 Å². The van der Waals surface area contributed by atoms with Crippen molar-refractivity contribution in [2.45, 2.75) is 37.6 Å². The summed E-state index contributed by atoms with van der Waals surface area (Å²) in [7, 11) is 3.17. The van der Waals surface area contributed by atoms with Crippen molar-refractivity contribution >= 4 is 17.7 Å². The number of nitrogens with zero attached hydrogens (tertiary/aromatic N) is 3. The first kappa shape index (κ1) is 24.1. The lowest BCUT2D eigenvalue weighted by molar-refractivity contribution is -0.141. The van der Waals surface area contributed by atoms with Crippen molar-refractivity contribution in [1.29, 1.82) is 0 Å². The molecule has 4 rings (SSSR count). The molecule has 2 aliphatic heterocycles. The number of hydrogen-bond acceptors (Lipinski definition) is 4. The molecule has 34 heavy (non-hydrogen) atoms. The Bertz CT molecular complexity index is 1050. The molecule has 7 heteroatoms. The predicted molar refractivity (Wildman–Crippen MR) is 127 cm³/mol. The average Bonchev–Trinajstić information content (AvgIpc) is 3.05. The molecular formula is C27H32FN3O3. The molecule has 3 amide bonds. The summed E-state index contributed by atoms with van der Waals surface area (Å²) < 4.78 is 14.0. The lowest BCUT2D eigenvalue weighted by Crippen LogP contribution is -2.44. The normalized spacial score (nSPS) is 21.8. The van der Waals surface area contributed by atoms with Gasteiger partial charge in [-0.3, -0.25) is 24.2 Å². The molecule has 0 aliphatic carbocycles. The number of amides is 3. The van der Waals surface area contributed by atoms with E-state index in [2.05, 4.69) is 29.2 Å². The molecule has 2 aliphatic rings. The van der Waals surface area contributed by atoms with Gasteiger partial charge in [-0.25, -0.2) is 4.39 Å². The zero-order valence-electron chi connectivity index (χ0n) is 19.9. The fraction of sp³-hybridized carbons (Fsp3) is 0.444. The summed E-state index contributed by atoms with van der Waals surface area (Å²) in [5, 5.41) is 0. The molecule has 2 heterocycles. The Morgan fingerprint density at radius 2 is 1.79 bits per heavy atom. The van der Waals surface area contributed by atoms with Crippen LogP contribution in [0, 0.1) is 11.7 Å². The number of benzene rings is 2. The maximum atomic E-state index is 14.0. The number of halogens is 1. The minimum Gasteiger partial charge on any atom is -0.345 e. The first-order chi connectivity index (χ1) is 16.3. The van der Waals surface area contributed by atoms with Gasteiger partial charge in [-0.05, 0) is 55.1 Å². The summed E-state index contributed by atoms with van der Waals surface area (Å²) in [6, 6.07) is 16.1. The van der Waals surface area contributed by atoms with Crippen molar-refractivity contribution in [2.75, 3.05) is 33.7 Å². The van der Waals surface area contributed by atoms with Crippen LogP contribution in [0.25, 0.3) is 0 Å². The van der Waals surface area contributed by atoms with E-state index < -0.39 is 17.1 Å². The number of hydrogen-bond donors (Lipinski definition) is 0. The first-order valence-electron chi connectivity index (χ1n) is 11.9. The fourth-order valence-corrected chi connectivity index (χ4v) is 5.19. The first-order valence-corrected chi connectivity index (χ1v) is 11.9. The standard InChI is InChI=1S/C27H32FN3O3/c1-29(18-21-11-13-31(14-12-21)19-20-7-4-3-5-8-20)24(32)16-27(17-25(33)30(2)26(27)34)22-9-6-10-23(28)15-22/h3-10,15,21H,11-14,16-19H2,1-2H3. The highest BCUT2D eigenvalue weighted by Gasteiger charge is 2.53. The van der Waals surface area contributed by atoms with Crippen LogP contribution >= 0.6 is 0 Å². The van der Waals surface area contributed by atoms with Crippen molar-refractivity contribution in [3.05, 3.63) is 71.5 Å². The quantitative estimate of drug-likeness (QED) is 0.589. The van der Waals surface area contributed by atoms with Crippen LogP contribution in [0.4, 0.5) is 4.39 Å². The minimum atomic E-state index is -1.35. The Morgan fingerprint density at radius 1 is 1.09 bits per heavy atom. The monoisotopic (exact) mass is 465 g/mol. The van der Waals surface area contributed by atoms with Crippen LogP contribution in [-0.2, 0) is 26.3 Å². The summed E-state index contributed by atoms with van der Waals surface area (Å²) in [4.78, 5) is 43.9. The number of carbonyl (C=O) groups is 3. The highest BCUT2D eigenvalue weighted by Crippen LogP contribution is 2.40. The van der Waals surface area contributed by atoms with Gasteiger partial charge < -0.3 is 4.90 Å². The van der Waals surface area contributed by atoms with Gasteiger partial charge in [0.15, 0.2) is 0 Å². The number of piperidine rings is 1. The second-order valence-corrected chi connectivity index (χ2v) is 9.68. The molecule has 0 aromatic heterocycles. The molecule has 0 bridgehead atoms. The number of likely N-dealkylation sites (tertiary alicyclic amines) is 2. The Balaban J connectivity index is 1.38. The lowest BCUT2D eigenvalue weighted by Gasteiger charge is -2.35. The minimum absolute atomic E-state index is 0.122. The molecule has 0 spiro atoms. The van der Waals surface area contributed by atoms with Gasteiger partial charge in [0.2, 0.25) is 17.7 Å². The van der Waals surface area contributed by atoms with Crippen molar-refractivity contribution in [2.24, 2.45) is 5.92 Å². The molecule has 1 atom stereocenters. The number of carbonyl (C=O) groups excluding carboxylic acids is 3. The summed E-state index contributed by atoms with van der Waals surface area (Å²) >= 11 is 0. The van der Waals surface area contributed by atoms with Crippen molar-refractivity contribution < 1.29 is 18.8 Å². The van der Waals surface area contributed by atoms with Crippen LogP contribution < -0.4 is 0 Å². The highest BCUT2D eigenvalue weighted by molar-refractivity contribution is 6.10. The number of likely N-dealkylation sites (N-methyl/N-ethyl adjacent to an activating group) is 1. The predicted octanol–water partition coefficient (Wildman–Crippen LogP) is 3.21. The van der Waals surface area contributed by atoms with Crippen LogP contribution in [0.2, 0.25) is 0 Å². The van der Waals surface area contributed by atoms with E-state index in [1.54, 1.807) is 18.0 Å². The Morgan fingerprint density at radius 3 is 2.41 bits per heavy atom. The highest BCUT2D eigenvalue weighted by atomic mass is 19.1. The second kappa shape index (κ2) is 10.1. The van der Waals surface area contributed by atoms with Crippen LogP contribution in [0.1, 0.15) is 36.8 Å². The van der Waals surface area contributed by atoms with E-state index in [0.717, 1.165) is 37.4 Å². The molecule has 0 radical (unpaired) electrons. The third-order valence-corrected chi connectivity index (χ3v) is 7.29. The zero-order valence-corrected chi connectivity index (χ0v) is 19.9. The van der Waals surface area contributed by atoms with Gasteiger partial charge in [0.1, 0.15) is 5.82 Å². The van der Waals surface area contributed by atoms with E-state index in [-0.39, 0.29) is 24.7 Å².